The zero-order valence-corrected chi connectivity index (χ0v) is 18.2. The Morgan fingerprint density at radius 2 is 2.10 bits per heavy atom. The first-order valence-corrected chi connectivity index (χ1v) is 11.3. The molecule has 2 atom stereocenters. The lowest BCUT2D eigenvalue weighted by molar-refractivity contribution is -0.133. The van der Waals surface area contributed by atoms with Crippen LogP contribution in [0, 0.1) is 18.7 Å². The Bertz CT molecular complexity index is 874. The van der Waals surface area contributed by atoms with E-state index in [4.69, 9.17) is 5.10 Å². The molecule has 4 rings (SSSR count). The van der Waals surface area contributed by atoms with Gasteiger partial charge in [-0.05, 0) is 68.3 Å². The summed E-state index contributed by atoms with van der Waals surface area (Å²) in [5, 5.41) is 8.32. The van der Waals surface area contributed by atoms with Crippen LogP contribution in [0.5, 0.6) is 0 Å². The van der Waals surface area contributed by atoms with Crippen LogP contribution in [-0.2, 0) is 24.3 Å². The minimum Gasteiger partial charge on any atom is -0.336 e. The van der Waals surface area contributed by atoms with E-state index in [1.807, 2.05) is 16.5 Å². The third-order valence-electron chi connectivity index (χ3n) is 6.64. The minimum atomic E-state index is -0.228. The van der Waals surface area contributed by atoms with E-state index in [-0.39, 0.29) is 11.7 Å². The third-order valence-corrected chi connectivity index (χ3v) is 6.64. The van der Waals surface area contributed by atoms with E-state index in [2.05, 4.69) is 12.2 Å². The molecule has 0 radical (unpaired) electrons. The second-order valence-electron chi connectivity index (χ2n) is 8.89. The van der Waals surface area contributed by atoms with Gasteiger partial charge in [-0.3, -0.25) is 9.48 Å². The van der Waals surface area contributed by atoms with E-state index in [0.29, 0.717) is 31.5 Å². The molecule has 1 saturated heterocycles. The number of amides is 1. The van der Waals surface area contributed by atoms with Crippen LogP contribution in [0.1, 0.15) is 61.5 Å². The molecule has 1 aromatic heterocycles. The molecule has 0 aliphatic carbocycles. The fraction of sp³-hybridized carbons (Fsp3) is 0.583. The number of hydrogen-bond donors (Lipinski definition) is 1. The summed E-state index contributed by atoms with van der Waals surface area (Å²) in [6, 6.07) is 7.13. The van der Waals surface area contributed by atoms with E-state index >= 15 is 0 Å². The molecule has 0 spiro atoms. The van der Waals surface area contributed by atoms with Gasteiger partial charge in [0.15, 0.2) is 0 Å². The molecule has 1 aromatic carbocycles. The van der Waals surface area contributed by atoms with E-state index < -0.39 is 0 Å². The van der Waals surface area contributed by atoms with Crippen molar-refractivity contribution in [1.29, 1.82) is 0 Å². The molecule has 1 N–H and O–H groups in total. The number of aromatic nitrogens is 2. The lowest BCUT2D eigenvalue weighted by atomic mass is 9.87. The summed E-state index contributed by atoms with van der Waals surface area (Å²) in [4.78, 5) is 15.1. The van der Waals surface area contributed by atoms with Gasteiger partial charge in [0.05, 0.1) is 24.5 Å². The number of benzene rings is 1. The first-order chi connectivity index (χ1) is 14.5. The molecule has 1 fully saturated rings. The first kappa shape index (κ1) is 21.0. The molecular weight excluding hydrogens is 379 g/mol. The minimum absolute atomic E-state index is 0.228. The van der Waals surface area contributed by atoms with Crippen molar-refractivity contribution >= 4 is 5.91 Å². The van der Waals surface area contributed by atoms with Crippen LogP contribution in [0.4, 0.5) is 4.39 Å². The van der Waals surface area contributed by atoms with Gasteiger partial charge in [0.25, 0.3) is 0 Å². The van der Waals surface area contributed by atoms with E-state index in [1.165, 1.54) is 30.5 Å². The molecule has 162 valence electrons. The monoisotopic (exact) mass is 412 g/mol. The number of hydrogen-bond acceptors (Lipinski definition) is 3. The Balaban J connectivity index is 1.42. The molecule has 2 unspecified atom stereocenters. The summed E-state index contributed by atoms with van der Waals surface area (Å²) in [6.45, 7) is 7.29. The van der Waals surface area contributed by atoms with Crippen molar-refractivity contribution in [2.45, 2.75) is 71.5 Å². The molecule has 0 saturated carbocycles. The fourth-order valence-corrected chi connectivity index (χ4v) is 5.01. The maximum absolute atomic E-state index is 13.2. The quantitative estimate of drug-likeness (QED) is 0.785. The molecular formula is C24H33FN4O. The highest BCUT2D eigenvalue weighted by atomic mass is 19.1. The molecule has 2 aromatic rings. The van der Waals surface area contributed by atoms with Crippen molar-refractivity contribution in [1.82, 2.24) is 20.0 Å². The molecule has 2 aliphatic heterocycles. The number of piperidine rings is 1. The third kappa shape index (κ3) is 4.75. The van der Waals surface area contributed by atoms with Crippen LogP contribution in [0.25, 0.3) is 0 Å². The number of nitrogens with zero attached hydrogens (tertiary/aromatic N) is 3. The van der Waals surface area contributed by atoms with E-state index in [1.54, 1.807) is 12.1 Å². The van der Waals surface area contributed by atoms with Gasteiger partial charge in [-0.2, -0.15) is 5.10 Å². The summed E-state index contributed by atoms with van der Waals surface area (Å²) < 4.78 is 15.2. The van der Waals surface area contributed by atoms with Crippen molar-refractivity contribution in [3.63, 3.8) is 0 Å². The summed E-state index contributed by atoms with van der Waals surface area (Å²) in [5.41, 5.74) is 4.46. The van der Waals surface area contributed by atoms with Crippen LogP contribution < -0.4 is 5.32 Å². The molecule has 2 aliphatic rings. The van der Waals surface area contributed by atoms with E-state index in [0.717, 1.165) is 49.3 Å². The smallest absolute Gasteiger partial charge is 0.223 e. The van der Waals surface area contributed by atoms with E-state index in [9.17, 15) is 9.18 Å². The van der Waals surface area contributed by atoms with Crippen molar-refractivity contribution in [3.8, 4) is 0 Å². The van der Waals surface area contributed by atoms with Crippen LogP contribution in [0.2, 0.25) is 0 Å². The highest BCUT2D eigenvalue weighted by molar-refractivity contribution is 5.76. The Hall–Kier alpha value is -2.21. The first-order valence-electron chi connectivity index (χ1n) is 11.3. The molecule has 5 nitrogen and oxygen atoms in total. The van der Waals surface area contributed by atoms with Crippen LogP contribution in [-0.4, -0.2) is 39.7 Å². The maximum Gasteiger partial charge on any atom is 0.223 e. The van der Waals surface area contributed by atoms with Crippen LogP contribution in [0.15, 0.2) is 24.3 Å². The average Bonchev–Trinajstić information content (AvgIpc) is 3.05. The molecule has 1 amide bonds. The van der Waals surface area contributed by atoms with Gasteiger partial charge in [0.1, 0.15) is 5.82 Å². The second-order valence-corrected chi connectivity index (χ2v) is 8.89. The highest BCUT2D eigenvalue weighted by Gasteiger charge is 2.29. The number of fused-ring (bicyclic) bond motifs is 1. The maximum atomic E-state index is 13.2. The molecule has 6 heteroatoms. The van der Waals surface area contributed by atoms with Crippen LogP contribution in [0.3, 0.4) is 0 Å². The fourth-order valence-electron chi connectivity index (χ4n) is 5.01. The Kier molecular flexibility index (Phi) is 6.52. The molecule has 0 bridgehead atoms. The van der Waals surface area contributed by atoms with Gasteiger partial charge >= 0.3 is 0 Å². The van der Waals surface area contributed by atoms with Gasteiger partial charge in [-0.15, -0.1) is 0 Å². The largest absolute Gasteiger partial charge is 0.336 e. The predicted molar refractivity (Wildman–Crippen MR) is 116 cm³/mol. The Morgan fingerprint density at radius 1 is 1.30 bits per heavy atom. The van der Waals surface area contributed by atoms with Crippen molar-refractivity contribution < 1.29 is 9.18 Å². The number of carbonyl (C=O) groups is 1. The molecule has 3 heterocycles. The average molecular weight is 413 g/mol. The van der Waals surface area contributed by atoms with Crippen LogP contribution >= 0.6 is 0 Å². The van der Waals surface area contributed by atoms with Crippen molar-refractivity contribution in [2.75, 3.05) is 13.1 Å². The number of carbonyl (C=O) groups excluding carboxylic acids is 1. The standard InChI is InChI=1S/C24H33FN4O/c1-3-4-21-13-19(9-11-26-21)14-24(30)28-12-10-22-17(2)27-29(23(22)16-28)15-18-5-7-20(25)8-6-18/h5-8,19,21,26H,3-4,9-16H2,1-2H3. The lowest BCUT2D eigenvalue weighted by Crippen LogP contribution is -2.41. The highest BCUT2D eigenvalue weighted by Crippen LogP contribution is 2.27. The summed E-state index contributed by atoms with van der Waals surface area (Å²) in [6.07, 6.45) is 6.10. The SMILES string of the molecule is CCCC1CC(CC(=O)N2CCc3c(C)nn(Cc4ccc(F)cc4)c3C2)CCN1. The van der Waals surface area contributed by atoms with Gasteiger partial charge in [0, 0.05) is 19.0 Å². The summed E-state index contributed by atoms with van der Waals surface area (Å²) in [7, 11) is 0. The van der Waals surface area contributed by atoms with Crippen molar-refractivity contribution in [3.05, 3.63) is 52.6 Å². The Morgan fingerprint density at radius 3 is 2.87 bits per heavy atom. The van der Waals surface area contributed by atoms with Gasteiger partial charge < -0.3 is 10.2 Å². The summed E-state index contributed by atoms with van der Waals surface area (Å²) >= 11 is 0. The number of halogens is 1. The van der Waals surface area contributed by atoms with Gasteiger partial charge in [0.2, 0.25) is 5.91 Å². The number of rotatable bonds is 6. The second kappa shape index (κ2) is 9.29. The number of nitrogens with one attached hydrogen (secondary N) is 1. The Labute approximate surface area is 178 Å². The zero-order valence-electron chi connectivity index (χ0n) is 18.2. The predicted octanol–water partition coefficient (Wildman–Crippen LogP) is 3.82. The van der Waals surface area contributed by atoms with Gasteiger partial charge in [-0.25, -0.2) is 4.39 Å². The summed E-state index contributed by atoms with van der Waals surface area (Å²) in [5.74, 6) is 0.533. The molecule has 30 heavy (non-hydrogen) atoms. The van der Waals surface area contributed by atoms with Gasteiger partial charge in [-0.1, -0.05) is 25.5 Å². The lowest BCUT2D eigenvalue weighted by Gasteiger charge is -2.33. The normalized spacial score (nSPS) is 21.5. The zero-order chi connectivity index (χ0) is 21.1. The van der Waals surface area contributed by atoms with Crippen molar-refractivity contribution in [2.24, 2.45) is 5.92 Å². The topological polar surface area (TPSA) is 50.2 Å². The number of aryl methyl sites for hydroxylation is 1.